The summed E-state index contributed by atoms with van der Waals surface area (Å²) in [6.45, 7) is 7.08. The Labute approximate surface area is 211 Å². The van der Waals surface area contributed by atoms with Gasteiger partial charge in [-0.1, -0.05) is 36.9 Å². The van der Waals surface area contributed by atoms with Crippen LogP contribution in [0.4, 0.5) is 5.82 Å². The van der Waals surface area contributed by atoms with Crippen LogP contribution in [0.25, 0.3) is 22.2 Å². The van der Waals surface area contributed by atoms with E-state index in [0.717, 1.165) is 58.7 Å². The van der Waals surface area contributed by atoms with Gasteiger partial charge >= 0.3 is 0 Å². The van der Waals surface area contributed by atoms with Gasteiger partial charge in [-0.3, -0.25) is 4.79 Å². The fourth-order valence-electron chi connectivity index (χ4n) is 4.88. The number of para-hydroxylation sites is 1. The van der Waals surface area contributed by atoms with E-state index in [1.165, 1.54) is 12.4 Å². The average Bonchev–Trinajstić information content (AvgIpc) is 3.17. The maximum atomic E-state index is 12.3. The van der Waals surface area contributed by atoms with Crippen molar-refractivity contribution in [2.24, 2.45) is 0 Å². The van der Waals surface area contributed by atoms with Crippen molar-refractivity contribution < 1.29 is 9.53 Å². The van der Waals surface area contributed by atoms with Crippen LogP contribution in [0.1, 0.15) is 24.6 Å². The van der Waals surface area contributed by atoms with Gasteiger partial charge in [-0.2, -0.15) is 13.5 Å². The summed E-state index contributed by atoms with van der Waals surface area (Å²) in [6, 6.07) is 17.8. The molecule has 2 aromatic carbocycles. The molecule has 35 heavy (non-hydrogen) atoms. The summed E-state index contributed by atoms with van der Waals surface area (Å²) in [5.74, 6) is 1.95. The van der Waals surface area contributed by atoms with E-state index in [1.54, 1.807) is 0 Å². The standard InChI is InChI=1S/C27H27N5O2.H2S/c1-3-23(33)31-15-7-8-20(16-31)32-18(2)24(25-26(28)29-17-30-27(25)32)19-11-13-22(14-12-19)34-21-9-5-4-6-10-21;/h3-6,9-14,17,20H,1,7-8,15-16H2,2H3,(H2,28,29,30);1H2/t20-;/m0./s1. The SMILES string of the molecule is C=CC(=O)N1CCC[C@H](n2c(C)c(-c3ccc(Oc4ccccc4)cc3)c3c(N)ncnc32)C1.S. The molecule has 0 aliphatic carbocycles. The Bertz CT molecular complexity index is 1350. The van der Waals surface area contributed by atoms with Gasteiger partial charge in [-0.25, -0.2) is 9.97 Å². The van der Waals surface area contributed by atoms with Crippen LogP contribution in [0, 0.1) is 6.92 Å². The number of hydrogen-bond acceptors (Lipinski definition) is 5. The third-order valence-corrected chi connectivity index (χ3v) is 6.43. The van der Waals surface area contributed by atoms with Crippen LogP contribution in [-0.4, -0.2) is 38.4 Å². The first kappa shape index (κ1) is 24.3. The van der Waals surface area contributed by atoms with Crippen LogP contribution in [0.5, 0.6) is 11.5 Å². The minimum Gasteiger partial charge on any atom is -0.457 e. The molecule has 5 rings (SSSR count). The minimum absolute atomic E-state index is 0. The predicted octanol–water partition coefficient (Wildman–Crippen LogP) is 5.24. The zero-order valence-electron chi connectivity index (χ0n) is 19.6. The number of carbonyl (C=O) groups is 1. The molecule has 4 aromatic rings. The van der Waals surface area contributed by atoms with Gasteiger partial charge in [0.2, 0.25) is 5.91 Å². The zero-order chi connectivity index (χ0) is 23.7. The number of aromatic nitrogens is 3. The number of piperidine rings is 1. The molecule has 1 amide bonds. The molecule has 0 unspecified atom stereocenters. The predicted molar refractivity (Wildman–Crippen MR) is 144 cm³/mol. The van der Waals surface area contributed by atoms with Gasteiger partial charge in [0.15, 0.2) is 0 Å². The Balaban J connectivity index is 0.00000289. The van der Waals surface area contributed by atoms with Gasteiger partial charge in [0.05, 0.1) is 11.4 Å². The van der Waals surface area contributed by atoms with Crippen LogP contribution in [-0.2, 0) is 4.79 Å². The maximum Gasteiger partial charge on any atom is 0.246 e. The molecule has 1 saturated heterocycles. The summed E-state index contributed by atoms with van der Waals surface area (Å²) in [5, 5.41) is 0.837. The smallest absolute Gasteiger partial charge is 0.246 e. The minimum atomic E-state index is -0.0396. The zero-order valence-corrected chi connectivity index (χ0v) is 20.6. The third kappa shape index (κ3) is 4.61. The Hall–Kier alpha value is -3.78. The highest BCUT2D eigenvalue weighted by molar-refractivity contribution is 7.59. The first-order valence-corrected chi connectivity index (χ1v) is 11.4. The Morgan fingerprint density at radius 2 is 1.83 bits per heavy atom. The second-order valence-corrected chi connectivity index (χ2v) is 8.51. The summed E-state index contributed by atoms with van der Waals surface area (Å²) in [6.07, 6.45) is 4.76. The lowest BCUT2D eigenvalue weighted by Gasteiger charge is -2.34. The summed E-state index contributed by atoms with van der Waals surface area (Å²) in [4.78, 5) is 23.0. The molecule has 7 nitrogen and oxygen atoms in total. The summed E-state index contributed by atoms with van der Waals surface area (Å²) < 4.78 is 8.18. The van der Waals surface area contributed by atoms with E-state index < -0.39 is 0 Å². The molecule has 1 aliphatic rings. The molecule has 1 aliphatic heterocycles. The van der Waals surface area contributed by atoms with Crippen molar-refractivity contribution in [3.8, 4) is 22.6 Å². The van der Waals surface area contributed by atoms with Crippen LogP contribution in [0.2, 0.25) is 0 Å². The van der Waals surface area contributed by atoms with Crippen molar-refractivity contribution >= 4 is 36.3 Å². The number of rotatable bonds is 5. The van der Waals surface area contributed by atoms with Crippen molar-refractivity contribution in [1.29, 1.82) is 0 Å². The van der Waals surface area contributed by atoms with Crippen molar-refractivity contribution in [2.75, 3.05) is 18.8 Å². The lowest BCUT2D eigenvalue weighted by atomic mass is 10.0. The summed E-state index contributed by atoms with van der Waals surface area (Å²) in [5.41, 5.74) is 10.2. The average molecular weight is 488 g/mol. The second kappa shape index (κ2) is 10.2. The van der Waals surface area contributed by atoms with Crippen LogP contribution >= 0.6 is 13.5 Å². The molecule has 0 spiro atoms. The number of nitrogens with zero attached hydrogens (tertiary/aromatic N) is 4. The molecule has 0 radical (unpaired) electrons. The van der Waals surface area contributed by atoms with E-state index in [9.17, 15) is 4.79 Å². The highest BCUT2D eigenvalue weighted by Crippen LogP contribution is 2.40. The van der Waals surface area contributed by atoms with Gasteiger partial charge in [0.1, 0.15) is 29.3 Å². The van der Waals surface area contributed by atoms with Gasteiger partial charge in [0, 0.05) is 24.3 Å². The van der Waals surface area contributed by atoms with Gasteiger partial charge < -0.3 is 19.9 Å². The molecular formula is C27H29N5O2S. The number of likely N-dealkylation sites (tertiary alicyclic amines) is 1. The number of nitrogens with two attached hydrogens (primary N) is 1. The molecule has 0 saturated carbocycles. The van der Waals surface area contributed by atoms with E-state index in [-0.39, 0.29) is 25.4 Å². The van der Waals surface area contributed by atoms with E-state index in [2.05, 4.69) is 28.0 Å². The van der Waals surface area contributed by atoms with Crippen molar-refractivity contribution in [1.82, 2.24) is 19.4 Å². The normalized spacial score (nSPS) is 15.5. The molecule has 0 bridgehead atoms. The second-order valence-electron chi connectivity index (χ2n) is 8.51. The first-order valence-electron chi connectivity index (χ1n) is 11.4. The highest BCUT2D eigenvalue weighted by Gasteiger charge is 2.29. The number of benzene rings is 2. The van der Waals surface area contributed by atoms with Crippen LogP contribution in [0.15, 0.2) is 73.6 Å². The molecule has 180 valence electrons. The Morgan fingerprint density at radius 1 is 1.11 bits per heavy atom. The number of nitrogen functional groups attached to an aromatic ring is 1. The van der Waals surface area contributed by atoms with Gasteiger partial charge in [-0.15, -0.1) is 0 Å². The van der Waals surface area contributed by atoms with Crippen molar-refractivity contribution in [3.05, 3.63) is 79.3 Å². The molecule has 8 heteroatoms. The number of carbonyl (C=O) groups excluding carboxylic acids is 1. The lowest BCUT2D eigenvalue weighted by Crippen LogP contribution is -2.40. The first-order chi connectivity index (χ1) is 16.6. The molecule has 1 atom stereocenters. The number of amides is 1. The fraction of sp³-hybridized carbons (Fsp3) is 0.222. The monoisotopic (exact) mass is 487 g/mol. The van der Waals surface area contributed by atoms with Gasteiger partial charge in [-0.05, 0) is 55.7 Å². The lowest BCUT2D eigenvalue weighted by molar-refractivity contribution is -0.127. The van der Waals surface area contributed by atoms with Crippen LogP contribution in [0.3, 0.4) is 0 Å². The molecule has 2 N–H and O–H groups in total. The number of fused-ring (bicyclic) bond motifs is 1. The molecular weight excluding hydrogens is 458 g/mol. The number of anilines is 1. The number of ether oxygens (including phenoxy) is 1. The summed E-state index contributed by atoms with van der Waals surface area (Å²) >= 11 is 0. The Kier molecular flexibility index (Phi) is 7.12. The van der Waals surface area contributed by atoms with Crippen molar-refractivity contribution in [3.63, 3.8) is 0 Å². The Morgan fingerprint density at radius 3 is 2.54 bits per heavy atom. The third-order valence-electron chi connectivity index (χ3n) is 6.43. The van der Waals surface area contributed by atoms with Crippen molar-refractivity contribution in [2.45, 2.75) is 25.8 Å². The van der Waals surface area contributed by atoms with Gasteiger partial charge in [0.25, 0.3) is 0 Å². The van der Waals surface area contributed by atoms with Crippen LogP contribution < -0.4 is 10.5 Å². The van der Waals surface area contributed by atoms with E-state index >= 15 is 0 Å². The quantitative estimate of drug-likeness (QED) is 0.389. The topological polar surface area (TPSA) is 86.3 Å². The summed E-state index contributed by atoms with van der Waals surface area (Å²) in [7, 11) is 0. The molecule has 2 aromatic heterocycles. The fourth-order valence-corrected chi connectivity index (χ4v) is 4.88. The maximum absolute atomic E-state index is 12.3. The highest BCUT2D eigenvalue weighted by atomic mass is 32.1. The molecule has 1 fully saturated rings. The van der Waals surface area contributed by atoms with E-state index in [0.29, 0.717) is 12.4 Å². The largest absolute Gasteiger partial charge is 0.457 e. The number of hydrogen-bond donors (Lipinski definition) is 1. The van der Waals surface area contributed by atoms with E-state index in [4.69, 9.17) is 10.5 Å². The molecule has 3 heterocycles. The van der Waals surface area contributed by atoms with E-state index in [1.807, 2.05) is 59.5 Å².